The van der Waals surface area contributed by atoms with Crippen molar-refractivity contribution in [2.45, 2.75) is 108 Å². The first-order valence-corrected chi connectivity index (χ1v) is 26.8. The highest BCUT2D eigenvalue weighted by Crippen LogP contribution is 2.38. The van der Waals surface area contributed by atoms with Crippen molar-refractivity contribution in [1.29, 1.82) is 0 Å². The van der Waals surface area contributed by atoms with Gasteiger partial charge in [-0.25, -0.2) is 23.0 Å². The van der Waals surface area contributed by atoms with E-state index in [1.807, 2.05) is 65.8 Å². The summed E-state index contributed by atoms with van der Waals surface area (Å²) in [6.45, 7) is 20.9. The molecule has 3 atom stereocenters. The fourth-order valence-electron chi connectivity index (χ4n) is 7.92. The van der Waals surface area contributed by atoms with Crippen LogP contribution in [0, 0.1) is 5.41 Å². The smallest absolute Gasteiger partial charge is 0.410 e. The summed E-state index contributed by atoms with van der Waals surface area (Å²) < 4.78 is 67.1. The SMILES string of the molecule is COC(=O)[C@@]1(C(=O)[C@@H](NCCCN(C)C(=O)OC(C)(C)C)C(C)(C)C)C[C@H](NCCOCCOCCOCCOCCOc2cc3nccc(Nc4ccc5scnc5c4)c3cc2S(=O)(=O)C(C)(C)C)CN1. The Bertz CT molecular complexity index is 2520. The van der Waals surface area contributed by atoms with Crippen LogP contribution in [0.5, 0.6) is 5.75 Å². The highest BCUT2D eigenvalue weighted by Gasteiger charge is 2.55. The number of ketones is 1. The second-order valence-corrected chi connectivity index (χ2v) is 24.3. The first-order chi connectivity index (χ1) is 34.0. The van der Waals surface area contributed by atoms with E-state index in [1.165, 1.54) is 12.0 Å². The minimum absolute atomic E-state index is 0.0777. The lowest BCUT2D eigenvalue weighted by Crippen LogP contribution is -2.63. The third-order valence-electron chi connectivity index (χ3n) is 11.8. The molecule has 19 nitrogen and oxygen atoms in total. The number of aromatic nitrogens is 2. The van der Waals surface area contributed by atoms with Crippen LogP contribution in [-0.4, -0.2) is 169 Å². The van der Waals surface area contributed by atoms with E-state index in [0.717, 1.165) is 15.9 Å². The molecule has 1 aliphatic heterocycles. The lowest BCUT2D eigenvalue weighted by Gasteiger charge is -2.37. The van der Waals surface area contributed by atoms with Gasteiger partial charge in [-0.1, -0.05) is 20.8 Å². The van der Waals surface area contributed by atoms with Crippen molar-refractivity contribution in [2.75, 3.05) is 105 Å². The van der Waals surface area contributed by atoms with Gasteiger partial charge in [0, 0.05) is 68.2 Å². The van der Waals surface area contributed by atoms with Crippen LogP contribution in [0.2, 0.25) is 0 Å². The van der Waals surface area contributed by atoms with Gasteiger partial charge < -0.3 is 54.0 Å². The standard InChI is InChI=1S/C51H77N7O12S2/c1-48(2,3)44(54-16-12-19-58(10)47(61)70-49(4,5)6)45(59)51(46(60)64-11)32-36(33-56-51)52-18-20-65-21-22-66-23-24-67-25-26-68-27-28-69-41-31-39-37(30-43(41)72(62,63)50(7,8)9)38(15-17-53-39)57-35-13-14-42-40(29-35)55-34-71-42/h13-15,17,29-31,34,36,44,52,54,56H,12,16,18-28,32-33H2,1-11H3,(H,53,57)/t36-,44+,51-/m0/s1. The number of hydrogen-bond donors (Lipinski definition) is 4. The Morgan fingerprint density at radius 3 is 2.12 bits per heavy atom. The van der Waals surface area contributed by atoms with Crippen molar-refractivity contribution in [3.63, 3.8) is 0 Å². The minimum atomic E-state index is -3.81. The maximum Gasteiger partial charge on any atom is 0.410 e. The molecule has 5 rings (SSSR count). The van der Waals surface area contributed by atoms with Gasteiger partial charge in [0.1, 0.15) is 22.9 Å². The van der Waals surface area contributed by atoms with Gasteiger partial charge in [-0.3, -0.25) is 15.1 Å². The Balaban J connectivity index is 0.956. The normalized spacial score (nSPS) is 17.0. The number of esters is 1. The Hall–Kier alpha value is -4.58. The number of amides is 1. The largest absolute Gasteiger partial charge is 0.490 e. The molecular weight excluding hydrogens is 967 g/mol. The molecule has 1 amide bonds. The van der Waals surface area contributed by atoms with Crippen molar-refractivity contribution in [1.82, 2.24) is 30.8 Å². The van der Waals surface area contributed by atoms with Crippen LogP contribution in [0.1, 0.15) is 75.2 Å². The predicted octanol–water partition coefficient (Wildman–Crippen LogP) is 6.30. The molecule has 1 fully saturated rings. The average Bonchev–Trinajstić information content (AvgIpc) is 3.97. The second-order valence-electron chi connectivity index (χ2n) is 20.8. The zero-order chi connectivity index (χ0) is 52.7. The van der Waals surface area contributed by atoms with Crippen LogP contribution >= 0.6 is 11.3 Å². The van der Waals surface area contributed by atoms with Crippen LogP contribution in [0.3, 0.4) is 0 Å². The number of rotatable bonds is 28. The molecule has 21 heteroatoms. The van der Waals surface area contributed by atoms with Crippen LogP contribution in [-0.2, 0) is 47.8 Å². The lowest BCUT2D eigenvalue weighted by molar-refractivity contribution is -0.154. The van der Waals surface area contributed by atoms with E-state index in [0.29, 0.717) is 95.4 Å². The van der Waals surface area contributed by atoms with Crippen molar-refractivity contribution in [3.8, 4) is 5.75 Å². The van der Waals surface area contributed by atoms with Gasteiger partial charge in [-0.15, -0.1) is 11.3 Å². The number of anilines is 2. The third-order valence-corrected chi connectivity index (χ3v) is 15.1. The second kappa shape index (κ2) is 26.1. The molecule has 0 spiro atoms. The Kier molecular flexibility index (Phi) is 21.1. The summed E-state index contributed by atoms with van der Waals surface area (Å²) in [5.74, 6) is -0.700. The maximum absolute atomic E-state index is 14.2. The van der Waals surface area contributed by atoms with Crippen LogP contribution in [0.4, 0.5) is 16.2 Å². The summed E-state index contributed by atoms with van der Waals surface area (Å²) in [6.07, 6.45) is 2.05. The van der Waals surface area contributed by atoms with Crippen molar-refractivity contribution in [2.24, 2.45) is 5.41 Å². The summed E-state index contributed by atoms with van der Waals surface area (Å²) in [4.78, 5) is 50.4. The number of pyridine rings is 1. The van der Waals surface area contributed by atoms with Gasteiger partial charge in [0.2, 0.25) is 0 Å². The van der Waals surface area contributed by atoms with Crippen LogP contribution in [0.15, 0.2) is 53.0 Å². The van der Waals surface area contributed by atoms with Crippen molar-refractivity contribution >= 4 is 71.5 Å². The zero-order valence-electron chi connectivity index (χ0n) is 43.9. The Morgan fingerprint density at radius 2 is 1.50 bits per heavy atom. The average molecular weight is 1040 g/mol. The molecule has 4 aromatic rings. The molecule has 1 saturated heterocycles. The molecule has 0 saturated carbocycles. The number of Topliss-reactive ketones (excluding diaryl/α,β-unsaturated/α-hetero) is 1. The molecule has 0 unspecified atom stereocenters. The van der Waals surface area contributed by atoms with Gasteiger partial charge in [0.25, 0.3) is 0 Å². The van der Waals surface area contributed by atoms with Gasteiger partial charge in [0.15, 0.2) is 21.2 Å². The maximum atomic E-state index is 14.2. The van der Waals surface area contributed by atoms with Crippen molar-refractivity contribution < 1.29 is 56.0 Å². The van der Waals surface area contributed by atoms with Crippen LogP contribution < -0.4 is 26.0 Å². The highest BCUT2D eigenvalue weighted by molar-refractivity contribution is 7.92. The van der Waals surface area contributed by atoms with Gasteiger partial charge in [-0.2, -0.15) is 0 Å². The molecule has 0 radical (unpaired) electrons. The molecular formula is C51H77N7O12S2. The van der Waals surface area contributed by atoms with E-state index in [9.17, 15) is 22.8 Å². The minimum Gasteiger partial charge on any atom is -0.490 e. The van der Waals surface area contributed by atoms with Crippen molar-refractivity contribution in [3.05, 3.63) is 48.1 Å². The number of nitrogens with one attached hydrogen (secondary N) is 4. The predicted molar refractivity (Wildman–Crippen MR) is 279 cm³/mol. The number of ether oxygens (including phenoxy) is 7. The lowest BCUT2D eigenvalue weighted by atomic mass is 9.76. The molecule has 2 aromatic heterocycles. The molecule has 72 heavy (non-hydrogen) atoms. The van der Waals surface area contributed by atoms with E-state index in [-0.39, 0.29) is 42.1 Å². The number of hydrogen-bond acceptors (Lipinski definition) is 19. The summed E-state index contributed by atoms with van der Waals surface area (Å²) in [6, 6.07) is 10.2. The van der Waals surface area contributed by atoms with Gasteiger partial charge in [0.05, 0.1) is 92.0 Å². The van der Waals surface area contributed by atoms with E-state index in [4.69, 9.17) is 33.2 Å². The number of nitrogens with zero attached hydrogens (tertiary/aromatic N) is 3. The molecule has 4 N–H and O–H groups in total. The molecule has 0 bridgehead atoms. The van der Waals surface area contributed by atoms with Gasteiger partial charge in [-0.05, 0) is 90.3 Å². The van der Waals surface area contributed by atoms with E-state index in [2.05, 4.69) is 31.2 Å². The fourth-order valence-corrected chi connectivity index (χ4v) is 9.89. The molecule has 400 valence electrons. The summed E-state index contributed by atoms with van der Waals surface area (Å²) >= 11 is 1.56. The molecule has 3 heterocycles. The van der Waals surface area contributed by atoms with Gasteiger partial charge >= 0.3 is 12.1 Å². The van der Waals surface area contributed by atoms with E-state index in [1.54, 1.807) is 63.0 Å². The van der Waals surface area contributed by atoms with E-state index < -0.39 is 49.2 Å². The molecule has 0 aliphatic carbocycles. The molecule has 2 aromatic carbocycles. The Labute approximate surface area is 429 Å². The number of carbonyl (C=O) groups excluding carboxylic acids is 3. The van der Waals surface area contributed by atoms with E-state index >= 15 is 0 Å². The first-order valence-electron chi connectivity index (χ1n) is 24.5. The number of methoxy groups -OCH3 is 1. The fraction of sp³-hybridized carbons (Fsp3) is 0.627. The monoisotopic (exact) mass is 1040 g/mol. The number of thiazole rings is 1. The number of benzene rings is 2. The number of carbonyl (C=O) groups is 3. The topological polar surface area (TPSA) is 227 Å². The summed E-state index contributed by atoms with van der Waals surface area (Å²) in [5.41, 5.74) is 2.13. The third kappa shape index (κ3) is 16.2. The number of sulfone groups is 1. The summed E-state index contributed by atoms with van der Waals surface area (Å²) in [5, 5.41) is 14.0. The highest BCUT2D eigenvalue weighted by atomic mass is 32.2. The zero-order valence-corrected chi connectivity index (χ0v) is 45.6. The van der Waals surface area contributed by atoms with Crippen LogP contribution in [0.25, 0.3) is 21.1 Å². The number of fused-ring (bicyclic) bond motifs is 2. The quantitative estimate of drug-likeness (QED) is 0.0278. The summed E-state index contributed by atoms with van der Waals surface area (Å²) in [7, 11) is -0.851. The first kappa shape index (κ1) is 58.3. The molecule has 1 aliphatic rings. The Morgan fingerprint density at radius 1 is 0.847 bits per heavy atom.